The van der Waals surface area contributed by atoms with Crippen LogP contribution >= 0.6 is 0 Å². The van der Waals surface area contributed by atoms with Gasteiger partial charge in [-0.25, -0.2) is 0 Å². The highest BCUT2D eigenvalue weighted by Gasteiger charge is 2.23. The van der Waals surface area contributed by atoms with Crippen molar-refractivity contribution in [3.05, 3.63) is 12.2 Å². The average molecular weight is 179 g/mol. The van der Waals surface area contributed by atoms with Gasteiger partial charge in [0.15, 0.2) is 0 Å². The summed E-state index contributed by atoms with van der Waals surface area (Å²) in [6, 6.07) is 1.41. The molecular weight excluding hydrogens is 158 g/mol. The van der Waals surface area contributed by atoms with Crippen LogP contribution in [0.25, 0.3) is 0 Å². The van der Waals surface area contributed by atoms with Gasteiger partial charge in [0.25, 0.3) is 0 Å². The third-order valence-electron chi connectivity index (χ3n) is 3.60. The summed E-state index contributed by atoms with van der Waals surface area (Å²) in [4.78, 5) is 0. The Morgan fingerprint density at radius 2 is 2.00 bits per heavy atom. The third-order valence-corrected chi connectivity index (χ3v) is 3.60. The first-order valence-electron chi connectivity index (χ1n) is 5.79. The van der Waals surface area contributed by atoms with E-state index in [1.54, 1.807) is 0 Å². The van der Waals surface area contributed by atoms with E-state index in [1.807, 2.05) is 0 Å². The van der Waals surface area contributed by atoms with Crippen molar-refractivity contribution in [3.63, 3.8) is 0 Å². The molecule has 2 aliphatic rings. The first-order valence-corrected chi connectivity index (χ1v) is 5.79. The lowest BCUT2D eigenvalue weighted by Gasteiger charge is -2.23. The lowest BCUT2D eigenvalue weighted by atomic mass is 9.99. The van der Waals surface area contributed by atoms with Gasteiger partial charge in [-0.3, -0.25) is 0 Å². The first-order chi connectivity index (χ1) is 6.36. The minimum absolute atomic E-state index is 0.676. The summed E-state index contributed by atoms with van der Waals surface area (Å²) in [5.41, 5.74) is 0. The molecule has 0 aromatic carbocycles. The smallest absolute Gasteiger partial charge is 0.0255 e. The van der Waals surface area contributed by atoms with Crippen molar-refractivity contribution in [2.75, 3.05) is 0 Å². The molecule has 0 aromatic rings. The van der Waals surface area contributed by atoms with E-state index in [9.17, 15) is 0 Å². The zero-order valence-electron chi connectivity index (χ0n) is 8.63. The molecule has 1 heteroatoms. The Morgan fingerprint density at radius 3 is 2.62 bits per heavy atom. The van der Waals surface area contributed by atoms with Gasteiger partial charge in [0.2, 0.25) is 0 Å². The molecule has 2 unspecified atom stereocenters. The fourth-order valence-corrected chi connectivity index (χ4v) is 2.70. The third kappa shape index (κ3) is 2.34. The van der Waals surface area contributed by atoms with Gasteiger partial charge in [0.05, 0.1) is 0 Å². The number of rotatable bonds is 3. The molecular formula is C12H21N. The van der Waals surface area contributed by atoms with E-state index in [4.69, 9.17) is 0 Å². The van der Waals surface area contributed by atoms with Crippen LogP contribution in [0.15, 0.2) is 12.2 Å². The van der Waals surface area contributed by atoms with E-state index in [1.165, 1.54) is 38.5 Å². The van der Waals surface area contributed by atoms with E-state index in [0.717, 1.165) is 12.0 Å². The second-order valence-corrected chi connectivity index (χ2v) is 4.61. The number of hydrogen-bond donors (Lipinski definition) is 1. The monoisotopic (exact) mass is 179 g/mol. The van der Waals surface area contributed by atoms with Crippen LogP contribution in [0, 0.1) is 5.92 Å². The Hall–Kier alpha value is -0.300. The van der Waals surface area contributed by atoms with Crippen molar-refractivity contribution in [2.45, 2.75) is 57.5 Å². The molecule has 1 saturated carbocycles. The van der Waals surface area contributed by atoms with Gasteiger partial charge in [-0.2, -0.15) is 0 Å². The van der Waals surface area contributed by atoms with Crippen LogP contribution in [0.5, 0.6) is 0 Å². The van der Waals surface area contributed by atoms with Gasteiger partial charge in [-0.15, -0.1) is 0 Å². The zero-order chi connectivity index (χ0) is 9.10. The summed E-state index contributed by atoms with van der Waals surface area (Å²) in [5, 5.41) is 3.73. The van der Waals surface area contributed by atoms with Crippen LogP contribution in [-0.2, 0) is 0 Å². The van der Waals surface area contributed by atoms with Gasteiger partial charge >= 0.3 is 0 Å². The Bertz CT molecular complexity index is 180. The van der Waals surface area contributed by atoms with Gasteiger partial charge < -0.3 is 5.32 Å². The second-order valence-electron chi connectivity index (χ2n) is 4.61. The molecule has 0 aliphatic heterocycles. The topological polar surface area (TPSA) is 12.0 Å². The Balaban J connectivity index is 1.76. The van der Waals surface area contributed by atoms with Crippen molar-refractivity contribution in [2.24, 2.45) is 5.92 Å². The second kappa shape index (κ2) is 4.28. The average Bonchev–Trinajstić information content (AvgIpc) is 2.74. The molecule has 0 saturated heterocycles. The lowest BCUT2D eigenvalue weighted by Crippen LogP contribution is -2.38. The molecule has 2 rings (SSSR count). The predicted octanol–water partition coefficient (Wildman–Crippen LogP) is 2.87. The minimum Gasteiger partial charge on any atom is -0.308 e. The predicted molar refractivity (Wildman–Crippen MR) is 56.7 cm³/mol. The fraction of sp³-hybridized carbons (Fsp3) is 0.833. The largest absolute Gasteiger partial charge is 0.308 e. The quantitative estimate of drug-likeness (QED) is 0.657. The Kier molecular flexibility index (Phi) is 3.05. The van der Waals surface area contributed by atoms with Crippen molar-refractivity contribution in [1.82, 2.24) is 5.32 Å². The van der Waals surface area contributed by atoms with Gasteiger partial charge in [-0.1, -0.05) is 25.0 Å². The summed E-state index contributed by atoms with van der Waals surface area (Å²) >= 11 is 0. The molecule has 0 amide bonds. The van der Waals surface area contributed by atoms with E-state index >= 15 is 0 Å². The molecule has 74 valence electrons. The van der Waals surface area contributed by atoms with Gasteiger partial charge in [0.1, 0.15) is 0 Å². The number of allylic oxidation sites excluding steroid dienone is 1. The van der Waals surface area contributed by atoms with Crippen molar-refractivity contribution < 1.29 is 0 Å². The molecule has 0 heterocycles. The minimum atomic E-state index is 0.676. The standard InChI is InChI=1S/C12H21N/c1-10(11-6-2-3-7-11)13-12-8-4-5-9-12/h4,8,10-13H,2-3,5-7,9H2,1H3. The molecule has 0 radical (unpaired) electrons. The van der Waals surface area contributed by atoms with Crippen molar-refractivity contribution >= 4 is 0 Å². The van der Waals surface area contributed by atoms with E-state index in [0.29, 0.717) is 6.04 Å². The summed E-state index contributed by atoms with van der Waals surface area (Å²) in [7, 11) is 0. The molecule has 1 N–H and O–H groups in total. The van der Waals surface area contributed by atoms with Crippen LogP contribution in [0.2, 0.25) is 0 Å². The molecule has 2 atom stereocenters. The Labute approximate surface area is 81.6 Å². The zero-order valence-corrected chi connectivity index (χ0v) is 8.63. The van der Waals surface area contributed by atoms with Crippen LogP contribution in [0.3, 0.4) is 0 Å². The van der Waals surface area contributed by atoms with E-state index < -0.39 is 0 Å². The van der Waals surface area contributed by atoms with Crippen LogP contribution < -0.4 is 5.32 Å². The van der Waals surface area contributed by atoms with Crippen molar-refractivity contribution in [3.8, 4) is 0 Å². The fourth-order valence-electron chi connectivity index (χ4n) is 2.70. The first kappa shape index (κ1) is 9.26. The molecule has 0 aromatic heterocycles. The highest BCUT2D eigenvalue weighted by Crippen LogP contribution is 2.28. The molecule has 13 heavy (non-hydrogen) atoms. The van der Waals surface area contributed by atoms with E-state index in [-0.39, 0.29) is 0 Å². The van der Waals surface area contributed by atoms with Gasteiger partial charge in [0, 0.05) is 12.1 Å². The molecule has 0 bridgehead atoms. The maximum absolute atomic E-state index is 3.73. The molecule has 2 aliphatic carbocycles. The normalized spacial score (nSPS) is 31.3. The molecule has 1 nitrogen and oxygen atoms in total. The SMILES string of the molecule is CC(NC1C=CCC1)C1CCCC1. The summed E-state index contributed by atoms with van der Waals surface area (Å²) in [6.07, 6.45) is 13.0. The summed E-state index contributed by atoms with van der Waals surface area (Å²) in [5.74, 6) is 0.953. The highest BCUT2D eigenvalue weighted by atomic mass is 14.9. The maximum Gasteiger partial charge on any atom is 0.0255 e. The maximum atomic E-state index is 3.73. The molecule has 1 fully saturated rings. The van der Waals surface area contributed by atoms with Gasteiger partial charge in [-0.05, 0) is 38.5 Å². The van der Waals surface area contributed by atoms with Crippen molar-refractivity contribution in [1.29, 1.82) is 0 Å². The summed E-state index contributed by atoms with van der Waals surface area (Å²) < 4.78 is 0. The lowest BCUT2D eigenvalue weighted by molar-refractivity contribution is 0.360. The van der Waals surface area contributed by atoms with E-state index in [2.05, 4.69) is 24.4 Å². The Morgan fingerprint density at radius 1 is 1.23 bits per heavy atom. The number of nitrogens with one attached hydrogen (secondary N) is 1. The van der Waals surface area contributed by atoms with Crippen LogP contribution in [0.1, 0.15) is 45.4 Å². The molecule has 0 spiro atoms. The number of hydrogen-bond acceptors (Lipinski definition) is 1. The van der Waals surface area contributed by atoms with Crippen LogP contribution in [-0.4, -0.2) is 12.1 Å². The summed E-state index contributed by atoms with van der Waals surface area (Å²) in [6.45, 7) is 2.36. The van der Waals surface area contributed by atoms with Crippen LogP contribution in [0.4, 0.5) is 0 Å². The highest BCUT2D eigenvalue weighted by molar-refractivity contribution is 5.01.